The molecular weight excluding hydrogens is 226 g/mol. The SMILES string of the molecule is CC(CCC(C)(C)O[SiH3])NCc1ccccc1. The maximum Gasteiger partial charge on any atom is 0.146 e. The van der Waals surface area contributed by atoms with Crippen molar-refractivity contribution in [3.63, 3.8) is 0 Å². The highest BCUT2D eigenvalue weighted by Gasteiger charge is 2.16. The minimum atomic E-state index is 0.0505. The molecule has 0 aliphatic heterocycles. The second kappa shape index (κ2) is 6.94. The Morgan fingerprint density at radius 3 is 2.53 bits per heavy atom. The molecule has 0 saturated heterocycles. The Balaban J connectivity index is 2.24. The first-order valence-electron chi connectivity index (χ1n) is 6.36. The summed E-state index contributed by atoms with van der Waals surface area (Å²) in [5.74, 6) is 0. The molecule has 0 amide bonds. The van der Waals surface area contributed by atoms with Gasteiger partial charge in [-0.05, 0) is 39.2 Å². The Morgan fingerprint density at radius 2 is 1.94 bits per heavy atom. The average molecular weight is 251 g/mol. The fraction of sp³-hybridized carbons (Fsp3) is 0.571. The summed E-state index contributed by atoms with van der Waals surface area (Å²) in [6, 6.07) is 11.1. The number of hydrogen-bond donors (Lipinski definition) is 1. The fourth-order valence-corrected chi connectivity index (χ4v) is 1.86. The summed E-state index contributed by atoms with van der Waals surface area (Å²) in [5.41, 5.74) is 1.40. The fourth-order valence-electron chi connectivity index (χ4n) is 1.66. The highest BCUT2D eigenvalue weighted by Crippen LogP contribution is 2.16. The Morgan fingerprint density at radius 1 is 1.29 bits per heavy atom. The van der Waals surface area contributed by atoms with E-state index in [4.69, 9.17) is 4.43 Å². The summed E-state index contributed by atoms with van der Waals surface area (Å²) in [5, 5.41) is 3.55. The average Bonchev–Trinajstić information content (AvgIpc) is 2.35. The quantitative estimate of drug-likeness (QED) is 0.749. The molecule has 1 rings (SSSR count). The van der Waals surface area contributed by atoms with Gasteiger partial charge in [0.2, 0.25) is 0 Å². The largest absolute Gasteiger partial charge is 0.423 e. The molecule has 0 aromatic heterocycles. The summed E-state index contributed by atoms with van der Waals surface area (Å²) in [4.78, 5) is 0. The molecule has 1 aromatic rings. The van der Waals surface area contributed by atoms with Crippen LogP contribution < -0.4 is 5.32 Å². The number of hydrogen-bond acceptors (Lipinski definition) is 2. The van der Waals surface area contributed by atoms with Gasteiger partial charge in [-0.25, -0.2) is 0 Å². The van der Waals surface area contributed by atoms with Gasteiger partial charge in [-0.15, -0.1) is 0 Å². The van der Waals surface area contributed by atoms with Gasteiger partial charge in [-0.3, -0.25) is 0 Å². The highest BCUT2D eigenvalue weighted by molar-refractivity contribution is 5.98. The molecule has 0 bridgehead atoms. The molecule has 1 aromatic carbocycles. The Labute approximate surface area is 108 Å². The van der Waals surface area contributed by atoms with Crippen LogP contribution in [0, 0.1) is 0 Å². The smallest absolute Gasteiger partial charge is 0.146 e. The molecule has 96 valence electrons. The number of rotatable bonds is 7. The van der Waals surface area contributed by atoms with Crippen LogP contribution >= 0.6 is 0 Å². The van der Waals surface area contributed by atoms with Crippen molar-refractivity contribution in [2.75, 3.05) is 0 Å². The van der Waals surface area contributed by atoms with Crippen molar-refractivity contribution in [2.45, 2.75) is 51.8 Å². The van der Waals surface area contributed by atoms with Crippen molar-refractivity contribution in [3.8, 4) is 0 Å². The van der Waals surface area contributed by atoms with Crippen LogP contribution in [-0.4, -0.2) is 22.1 Å². The molecule has 3 heteroatoms. The van der Waals surface area contributed by atoms with Gasteiger partial charge in [0.25, 0.3) is 0 Å². The molecule has 0 saturated carbocycles. The van der Waals surface area contributed by atoms with E-state index in [1.54, 1.807) is 0 Å². The highest BCUT2D eigenvalue weighted by atomic mass is 28.2. The summed E-state index contributed by atoms with van der Waals surface area (Å²) < 4.78 is 5.56. The van der Waals surface area contributed by atoms with Crippen molar-refractivity contribution in [2.24, 2.45) is 0 Å². The zero-order valence-corrected chi connectivity index (χ0v) is 13.5. The van der Waals surface area contributed by atoms with Crippen molar-refractivity contribution in [1.29, 1.82) is 0 Å². The van der Waals surface area contributed by atoms with Crippen LogP contribution in [0.5, 0.6) is 0 Å². The van der Waals surface area contributed by atoms with Crippen LogP contribution in [-0.2, 0) is 11.0 Å². The lowest BCUT2D eigenvalue weighted by molar-refractivity contribution is 0.106. The molecular formula is C14H25NOSi. The van der Waals surface area contributed by atoms with Crippen LogP contribution in [0.2, 0.25) is 0 Å². The van der Waals surface area contributed by atoms with Crippen molar-refractivity contribution < 1.29 is 4.43 Å². The predicted molar refractivity (Wildman–Crippen MR) is 77.1 cm³/mol. The maximum atomic E-state index is 5.56. The second-order valence-corrected chi connectivity index (χ2v) is 5.68. The van der Waals surface area contributed by atoms with E-state index >= 15 is 0 Å². The molecule has 0 radical (unpaired) electrons. The number of benzene rings is 1. The van der Waals surface area contributed by atoms with E-state index in [2.05, 4.69) is 56.4 Å². The summed E-state index contributed by atoms with van der Waals surface area (Å²) in [6.07, 6.45) is 2.27. The molecule has 2 nitrogen and oxygen atoms in total. The number of nitrogens with one attached hydrogen (secondary N) is 1. The minimum Gasteiger partial charge on any atom is -0.423 e. The van der Waals surface area contributed by atoms with Gasteiger partial charge in [0.15, 0.2) is 0 Å². The van der Waals surface area contributed by atoms with Crippen molar-refractivity contribution >= 4 is 10.5 Å². The van der Waals surface area contributed by atoms with Gasteiger partial charge in [0, 0.05) is 18.2 Å². The van der Waals surface area contributed by atoms with Gasteiger partial charge < -0.3 is 9.74 Å². The summed E-state index contributed by atoms with van der Waals surface area (Å²) in [7, 11) is 0.819. The molecule has 0 aliphatic carbocycles. The normalized spacial score (nSPS) is 13.8. The maximum absolute atomic E-state index is 5.56. The molecule has 17 heavy (non-hydrogen) atoms. The monoisotopic (exact) mass is 251 g/mol. The van der Waals surface area contributed by atoms with Crippen LogP contribution in [0.25, 0.3) is 0 Å². The third-order valence-corrected chi connectivity index (χ3v) is 4.33. The van der Waals surface area contributed by atoms with Crippen LogP contribution in [0.1, 0.15) is 39.2 Å². The lowest BCUT2D eigenvalue weighted by Crippen LogP contribution is -2.30. The third-order valence-electron chi connectivity index (χ3n) is 3.23. The van der Waals surface area contributed by atoms with Gasteiger partial charge >= 0.3 is 0 Å². The van der Waals surface area contributed by atoms with Crippen molar-refractivity contribution in [1.82, 2.24) is 5.32 Å². The molecule has 0 spiro atoms. The van der Waals surface area contributed by atoms with Gasteiger partial charge in [-0.2, -0.15) is 0 Å². The van der Waals surface area contributed by atoms with Crippen LogP contribution in [0.4, 0.5) is 0 Å². The summed E-state index contributed by atoms with van der Waals surface area (Å²) >= 11 is 0. The second-order valence-electron chi connectivity index (χ2n) is 5.27. The van der Waals surface area contributed by atoms with E-state index < -0.39 is 0 Å². The molecule has 0 fully saturated rings. The first kappa shape index (κ1) is 14.4. The first-order chi connectivity index (χ1) is 8.03. The minimum absolute atomic E-state index is 0.0505. The van der Waals surface area contributed by atoms with E-state index in [1.807, 2.05) is 0 Å². The van der Waals surface area contributed by atoms with Crippen molar-refractivity contribution in [3.05, 3.63) is 35.9 Å². The van der Waals surface area contributed by atoms with Gasteiger partial charge in [0.05, 0.1) is 0 Å². The third kappa shape index (κ3) is 6.01. The Kier molecular flexibility index (Phi) is 5.89. The topological polar surface area (TPSA) is 21.3 Å². The molecule has 0 aliphatic rings. The predicted octanol–water partition coefficient (Wildman–Crippen LogP) is 2.02. The molecule has 1 atom stereocenters. The summed E-state index contributed by atoms with van der Waals surface area (Å²) in [6.45, 7) is 7.53. The van der Waals surface area contributed by atoms with Gasteiger partial charge in [0.1, 0.15) is 10.5 Å². The zero-order valence-electron chi connectivity index (χ0n) is 11.5. The standard InChI is InChI=1S/C14H25NOSi/c1-12(9-10-14(2,3)16-17)15-11-13-7-5-4-6-8-13/h4-8,12,15H,9-11H2,1-3,17H3. The molecule has 1 N–H and O–H groups in total. The van der Waals surface area contributed by atoms with Crippen LogP contribution in [0.15, 0.2) is 30.3 Å². The van der Waals surface area contributed by atoms with E-state index in [0.29, 0.717) is 6.04 Å². The first-order valence-corrected chi connectivity index (χ1v) is 7.17. The molecule has 0 heterocycles. The van der Waals surface area contributed by atoms with E-state index in [9.17, 15) is 0 Å². The Hall–Kier alpha value is -0.643. The lowest BCUT2D eigenvalue weighted by Gasteiger charge is -2.25. The lowest BCUT2D eigenvalue weighted by atomic mass is 10.00. The van der Waals surface area contributed by atoms with Gasteiger partial charge in [-0.1, -0.05) is 30.3 Å². The zero-order chi connectivity index (χ0) is 12.7. The van der Waals surface area contributed by atoms with E-state index in [1.165, 1.54) is 5.56 Å². The van der Waals surface area contributed by atoms with E-state index in [-0.39, 0.29) is 5.60 Å². The Bertz CT molecular complexity index is 313. The molecule has 1 unspecified atom stereocenters. The van der Waals surface area contributed by atoms with Crippen LogP contribution in [0.3, 0.4) is 0 Å². The van der Waals surface area contributed by atoms with E-state index in [0.717, 1.165) is 29.9 Å².